The van der Waals surface area contributed by atoms with Crippen LogP contribution in [0.15, 0.2) is 48.9 Å². The fraction of sp³-hybridized carbons (Fsp3) is 0.192. The zero-order chi connectivity index (χ0) is 33.0. The number of aliphatic carboxylic acids is 2. The number of hydrogen-bond acceptors (Lipinski definition) is 7. The van der Waals surface area contributed by atoms with Gasteiger partial charge in [-0.25, -0.2) is 19.6 Å². The first-order chi connectivity index (χ1) is 20.4. The molecule has 0 fully saturated rings. The number of aromatic nitrogens is 4. The number of carboxylic acid groups (broad SMARTS) is 2. The molecule has 4 N–H and O–H groups in total. The number of hydrogen-bond donors (Lipinski definition) is 4. The van der Waals surface area contributed by atoms with Crippen LogP contribution in [0.25, 0.3) is 33.9 Å². The van der Waals surface area contributed by atoms with Crippen molar-refractivity contribution in [1.29, 1.82) is 0 Å². The summed E-state index contributed by atoms with van der Waals surface area (Å²) >= 11 is 13.2. The van der Waals surface area contributed by atoms with Crippen molar-refractivity contribution < 1.29 is 50.9 Å². The van der Waals surface area contributed by atoms with Gasteiger partial charge in [-0.1, -0.05) is 23.2 Å². The number of pyridine rings is 2. The number of ether oxygens (including phenoxy) is 1. The Morgan fingerprint density at radius 3 is 2.02 bits per heavy atom. The molecule has 44 heavy (non-hydrogen) atoms. The minimum absolute atomic E-state index is 0.0168. The molecule has 4 heterocycles. The van der Waals surface area contributed by atoms with E-state index in [1.54, 1.807) is 30.7 Å². The van der Waals surface area contributed by atoms with Crippen LogP contribution in [0.5, 0.6) is 5.75 Å². The number of aromatic amines is 1. The van der Waals surface area contributed by atoms with Crippen molar-refractivity contribution in [3.8, 4) is 39.7 Å². The Balaban J connectivity index is 0.000000317. The molecule has 0 saturated carbocycles. The lowest BCUT2D eigenvalue weighted by Crippen LogP contribution is -2.21. The van der Waals surface area contributed by atoms with Crippen LogP contribution in [0.4, 0.5) is 37.8 Å². The first kappa shape index (κ1) is 33.9. The van der Waals surface area contributed by atoms with Gasteiger partial charge in [0, 0.05) is 29.7 Å². The Morgan fingerprint density at radius 2 is 1.50 bits per heavy atom. The third-order valence-electron chi connectivity index (χ3n) is 5.22. The van der Waals surface area contributed by atoms with E-state index in [0.29, 0.717) is 27.2 Å². The molecule has 1 aromatic carbocycles. The number of benzene rings is 1. The molecule has 10 nitrogen and oxygen atoms in total. The summed E-state index contributed by atoms with van der Waals surface area (Å²) in [5.74, 6) is -3.61. The van der Waals surface area contributed by atoms with E-state index in [1.165, 1.54) is 0 Å². The van der Waals surface area contributed by atoms with Crippen LogP contribution in [0.3, 0.4) is 0 Å². The third-order valence-corrected chi connectivity index (χ3v) is 5.82. The maximum Gasteiger partial charge on any atom is 0.490 e. The number of carbonyl (C=O) groups is 2. The average molecular weight is 666 g/mol. The molecule has 0 bridgehead atoms. The Bertz CT molecular complexity index is 1570. The summed E-state index contributed by atoms with van der Waals surface area (Å²) in [6.45, 7) is 3.90. The molecule has 5 rings (SSSR count). The Labute approximate surface area is 253 Å². The van der Waals surface area contributed by atoms with Gasteiger partial charge in [0.1, 0.15) is 23.1 Å². The quantitative estimate of drug-likeness (QED) is 0.143. The molecule has 3 aromatic heterocycles. The number of carboxylic acids is 2. The van der Waals surface area contributed by atoms with Gasteiger partial charge in [0.2, 0.25) is 0 Å². The molecule has 0 aliphatic carbocycles. The zero-order valence-electron chi connectivity index (χ0n) is 22.2. The van der Waals surface area contributed by atoms with E-state index >= 15 is 0 Å². The summed E-state index contributed by atoms with van der Waals surface area (Å²) < 4.78 is 69.2. The molecule has 18 heteroatoms. The Kier molecular flexibility index (Phi) is 10.3. The number of H-pyrrole nitrogens is 1. The van der Waals surface area contributed by atoms with Crippen LogP contribution in [0, 0.1) is 0 Å². The first-order valence-electron chi connectivity index (χ1n) is 11.9. The second-order valence-electron chi connectivity index (χ2n) is 8.79. The van der Waals surface area contributed by atoms with E-state index in [0.717, 1.165) is 34.0 Å². The second kappa shape index (κ2) is 13.4. The van der Waals surface area contributed by atoms with Crippen LogP contribution in [0.2, 0.25) is 10.0 Å². The van der Waals surface area contributed by atoms with E-state index < -0.39 is 24.3 Å². The Hall–Kier alpha value is -4.57. The van der Waals surface area contributed by atoms with Gasteiger partial charge in [0.15, 0.2) is 0 Å². The SMILES string of the molecule is CC(C)Oc1cc(Cl)c(-c2nc3c([nH]2)-c2cnccc2Nc2ncccc2-3)c(Cl)c1.O=C(O)C(F)(F)F.O=C(O)C(F)(F)F. The highest BCUT2D eigenvalue weighted by Crippen LogP contribution is 2.45. The van der Waals surface area contributed by atoms with Gasteiger partial charge < -0.3 is 25.3 Å². The largest absolute Gasteiger partial charge is 0.491 e. The van der Waals surface area contributed by atoms with Crippen molar-refractivity contribution in [2.75, 3.05) is 5.32 Å². The molecule has 234 valence electrons. The lowest BCUT2D eigenvalue weighted by Gasteiger charge is -2.12. The Morgan fingerprint density at radius 1 is 0.932 bits per heavy atom. The van der Waals surface area contributed by atoms with Crippen molar-refractivity contribution in [3.05, 3.63) is 59.0 Å². The molecule has 0 atom stereocenters. The summed E-state index contributed by atoms with van der Waals surface area (Å²) in [4.78, 5) is 34.8. The molecule has 0 unspecified atom stereocenters. The maximum atomic E-state index is 10.6. The van der Waals surface area contributed by atoms with Crippen LogP contribution in [0.1, 0.15) is 13.8 Å². The number of alkyl halides is 6. The first-order valence-corrected chi connectivity index (χ1v) is 12.7. The fourth-order valence-corrected chi connectivity index (χ4v) is 4.17. The number of anilines is 2. The molecular weight excluding hydrogens is 647 g/mol. The van der Waals surface area contributed by atoms with Crippen molar-refractivity contribution >= 4 is 46.6 Å². The van der Waals surface area contributed by atoms with E-state index in [-0.39, 0.29) is 6.10 Å². The lowest BCUT2D eigenvalue weighted by molar-refractivity contribution is -0.193. The van der Waals surface area contributed by atoms with Gasteiger partial charge in [-0.15, -0.1) is 0 Å². The van der Waals surface area contributed by atoms with Gasteiger partial charge in [-0.2, -0.15) is 26.3 Å². The highest BCUT2D eigenvalue weighted by Gasteiger charge is 2.39. The van der Waals surface area contributed by atoms with Crippen molar-refractivity contribution in [2.45, 2.75) is 32.3 Å². The summed E-state index contributed by atoms with van der Waals surface area (Å²) in [7, 11) is 0. The van der Waals surface area contributed by atoms with Crippen molar-refractivity contribution in [2.24, 2.45) is 0 Å². The summed E-state index contributed by atoms with van der Waals surface area (Å²) in [5.41, 5.74) is 4.83. The van der Waals surface area contributed by atoms with Gasteiger partial charge >= 0.3 is 24.3 Å². The highest BCUT2D eigenvalue weighted by molar-refractivity contribution is 6.39. The van der Waals surface area contributed by atoms with Crippen LogP contribution in [-0.4, -0.2) is 60.5 Å². The van der Waals surface area contributed by atoms with Gasteiger partial charge in [-0.3, -0.25) is 4.98 Å². The number of imidazole rings is 1. The number of nitrogens with one attached hydrogen (secondary N) is 2. The molecule has 0 amide bonds. The van der Waals surface area contributed by atoms with Gasteiger partial charge in [0.25, 0.3) is 0 Å². The minimum atomic E-state index is -5.08. The highest BCUT2D eigenvalue weighted by atomic mass is 35.5. The molecule has 1 aliphatic rings. The van der Waals surface area contributed by atoms with Crippen LogP contribution < -0.4 is 10.1 Å². The number of fused-ring (bicyclic) bond motifs is 5. The topological polar surface area (TPSA) is 150 Å². The maximum absolute atomic E-state index is 10.6. The molecule has 0 spiro atoms. The molecule has 0 radical (unpaired) electrons. The van der Waals surface area contributed by atoms with E-state index in [9.17, 15) is 26.3 Å². The monoisotopic (exact) mass is 665 g/mol. The predicted octanol–water partition coefficient (Wildman–Crippen LogP) is 7.62. The zero-order valence-corrected chi connectivity index (χ0v) is 23.7. The fourth-order valence-electron chi connectivity index (χ4n) is 3.52. The summed E-state index contributed by atoms with van der Waals surface area (Å²) in [6.07, 6.45) is -4.88. The average Bonchev–Trinajstić information content (AvgIpc) is 3.27. The minimum Gasteiger partial charge on any atom is -0.491 e. The lowest BCUT2D eigenvalue weighted by atomic mass is 10.1. The van der Waals surface area contributed by atoms with E-state index in [4.69, 9.17) is 52.7 Å². The van der Waals surface area contributed by atoms with Crippen molar-refractivity contribution in [1.82, 2.24) is 19.9 Å². The number of nitrogens with zero attached hydrogens (tertiary/aromatic N) is 3. The summed E-state index contributed by atoms with van der Waals surface area (Å²) in [5, 5.41) is 18.5. The molecule has 0 saturated heterocycles. The second-order valence-corrected chi connectivity index (χ2v) is 9.60. The molecule has 1 aliphatic heterocycles. The van der Waals surface area contributed by atoms with Gasteiger partial charge in [-0.05, 0) is 44.2 Å². The van der Waals surface area contributed by atoms with Crippen LogP contribution in [-0.2, 0) is 9.59 Å². The van der Waals surface area contributed by atoms with Crippen molar-refractivity contribution in [3.63, 3.8) is 0 Å². The molecule has 4 aromatic rings. The predicted molar refractivity (Wildman–Crippen MR) is 147 cm³/mol. The van der Waals surface area contributed by atoms with Gasteiger partial charge in [0.05, 0.1) is 33.1 Å². The molecular formula is C26H19Cl2F6N5O5. The smallest absolute Gasteiger partial charge is 0.490 e. The van der Waals surface area contributed by atoms with E-state index in [2.05, 4.69) is 20.3 Å². The normalized spacial score (nSPS) is 11.7. The standard InChI is InChI=1S/C22H17Cl2N5O.2C2HF3O2/c1-11(2)30-12-8-15(23)18(16(24)9-12)22-28-19-13-4-3-6-26-21(13)27-17-5-7-25-10-14(17)20(19)29-22;2*3-2(4,5)1(6)7/h3-11H,1-2H3,(H,26,27)(H,28,29);2*(H,6,7). The summed E-state index contributed by atoms with van der Waals surface area (Å²) in [6, 6.07) is 9.26. The number of rotatable bonds is 3. The van der Waals surface area contributed by atoms with E-state index in [1.807, 2.05) is 32.0 Å². The number of halogens is 8. The van der Waals surface area contributed by atoms with Crippen LogP contribution >= 0.6 is 23.2 Å². The third kappa shape index (κ3) is 8.29.